The van der Waals surface area contributed by atoms with Crippen molar-refractivity contribution < 1.29 is 4.74 Å². The summed E-state index contributed by atoms with van der Waals surface area (Å²) in [6.07, 6.45) is 1.78. The number of aromatic nitrogens is 3. The minimum absolute atomic E-state index is 0.0610. The van der Waals surface area contributed by atoms with Crippen molar-refractivity contribution >= 4 is 22.5 Å². The molecule has 4 aromatic rings. The summed E-state index contributed by atoms with van der Waals surface area (Å²) in [6.45, 7) is 5.24. The number of ether oxygens (including phenoxy) is 1. The van der Waals surface area contributed by atoms with Gasteiger partial charge in [-0.15, -0.1) is 0 Å². The Kier molecular flexibility index (Phi) is 5.56. The van der Waals surface area contributed by atoms with E-state index in [9.17, 15) is 0 Å². The van der Waals surface area contributed by atoms with Crippen molar-refractivity contribution in [2.45, 2.75) is 19.6 Å². The Morgan fingerprint density at radius 2 is 1.81 bits per heavy atom. The fourth-order valence-corrected chi connectivity index (χ4v) is 4.02. The van der Waals surface area contributed by atoms with Crippen LogP contribution >= 0.6 is 0 Å². The van der Waals surface area contributed by atoms with Crippen LogP contribution in [0.5, 0.6) is 0 Å². The maximum atomic E-state index is 6.08. The van der Waals surface area contributed by atoms with Gasteiger partial charge in [0.1, 0.15) is 17.7 Å². The van der Waals surface area contributed by atoms with E-state index >= 15 is 0 Å². The topological polar surface area (TPSA) is 63.2 Å². The highest BCUT2D eigenvalue weighted by atomic mass is 16.5. The zero-order chi connectivity index (χ0) is 21.0. The normalized spacial score (nSPS) is 17.0. The van der Waals surface area contributed by atoms with Crippen molar-refractivity contribution in [1.82, 2.24) is 19.9 Å². The molecule has 0 aliphatic carbocycles. The van der Waals surface area contributed by atoms with Gasteiger partial charge in [0.25, 0.3) is 0 Å². The molecule has 6 nitrogen and oxygen atoms in total. The summed E-state index contributed by atoms with van der Waals surface area (Å²) in [5, 5.41) is 4.51. The molecule has 1 unspecified atom stereocenters. The van der Waals surface area contributed by atoms with Gasteiger partial charge < -0.3 is 10.1 Å². The molecule has 3 aromatic heterocycles. The predicted molar refractivity (Wildman–Crippen MR) is 122 cm³/mol. The zero-order valence-corrected chi connectivity index (χ0v) is 17.5. The third kappa shape index (κ3) is 4.55. The molecule has 1 fully saturated rings. The van der Waals surface area contributed by atoms with Crippen molar-refractivity contribution in [3.63, 3.8) is 0 Å². The number of rotatable bonds is 5. The van der Waals surface area contributed by atoms with Gasteiger partial charge in [0.05, 0.1) is 17.8 Å². The van der Waals surface area contributed by atoms with Gasteiger partial charge in [-0.3, -0.25) is 9.88 Å². The van der Waals surface area contributed by atoms with E-state index < -0.39 is 0 Å². The summed E-state index contributed by atoms with van der Waals surface area (Å²) in [5.41, 5.74) is 4.23. The smallest absolute Gasteiger partial charge is 0.131 e. The number of fused-ring (bicyclic) bond motifs is 1. The Hall–Kier alpha value is -3.35. The third-order valence-electron chi connectivity index (χ3n) is 5.53. The SMILES string of the molecule is Cc1cccc(Nc2cccc(C3CN(Cc4cccc5ncccc45)CCO3)n2)n1. The molecule has 156 valence electrons. The van der Waals surface area contributed by atoms with Crippen molar-refractivity contribution in [3.05, 3.63) is 89.9 Å². The number of anilines is 2. The Morgan fingerprint density at radius 1 is 0.968 bits per heavy atom. The van der Waals surface area contributed by atoms with Gasteiger partial charge >= 0.3 is 0 Å². The first-order valence-electron chi connectivity index (χ1n) is 10.6. The summed E-state index contributed by atoms with van der Waals surface area (Å²) >= 11 is 0. The summed E-state index contributed by atoms with van der Waals surface area (Å²) in [6, 6.07) is 22.4. The third-order valence-corrected chi connectivity index (χ3v) is 5.53. The quantitative estimate of drug-likeness (QED) is 0.516. The van der Waals surface area contributed by atoms with Crippen molar-refractivity contribution in [2.24, 2.45) is 0 Å². The number of nitrogens with one attached hydrogen (secondary N) is 1. The predicted octanol–water partition coefficient (Wildman–Crippen LogP) is 4.65. The lowest BCUT2D eigenvalue weighted by atomic mass is 10.1. The van der Waals surface area contributed by atoms with Crippen molar-refractivity contribution in [2.75, 3.05) is 25.0 Å². The first-order chi connectivity index (χ1) is 15.2. The maximum Gasteiger partial charge on any atom is 0.131 e. The summed E-state index contributed by atoms with van der Waals surface area (Å²) in [7, 11) is 0. The average molecular weight is 412 g/mol. The van der Waals surface area contributed by atoms with Gasteiger partial charge in [-0.2, -0.15) is 0 Å². The molecule has 4 heterocycles. The van der Waals surface area contributed by atoms with Gasteiger partial charge in [-0.25, -0.2) is 9.97 Å². The number of hydrogen-bond acceptors (Lipinski definition) is 6. The van der Waals surface area contributed by atoms with Gasteiger partial charge in [-0.05, 0) is 48.9 Å². The lowest BCUT2D eigenvalue weighted by Gasteiger charge is -2.33. The lowest BCUT2D eigenvalue weighted by molar-refractivity contribution is -0.0348. The van der Waals surface area contributed by atoms with E-state index in [-0.39, 0.29) is 6.10 Å². The number of benzene rings is 1. The van der Waals surface area contributed by atoms with Crippen LogP contribution in [0.4, 0.5) is 11.6 Å². The molecule has 0 spiro atoms. The second kappa shape index (κ2) is 8.79. The molecule has 0 saturated carbocycles. The highest BCUT2D eigenvalue weighted by Gasteiger charge is 2.23. The van der Waals surface area contributed by atoms with Crippen molar-refractivity contribution in [3.8, 4) is 0 Å². The van der Waals surface area contributed by atoms with Crippen LogP contribution in [0.15, 0.2) is 72.9 Å². The van der Waals surface area contributed by atoms with Gasteiger partial charge in [0.2, 0.25) is 0 Å². The van der Waals surface area contributed by atoms with E-state index in [1.807, 2.05) is 55.6 Å². The second-order valence-corrected chi connectivity index (χ2v) is 7.82. The van der Waals surface area contributed by atoms with E-state index in [1.165, 1.54) is 10.9 Å². The van der Waals surface area contributed by atoms with Crippen LogP contribution in [0.25, 0.3) is 10.9 Å². The summed E-state index contributed by atoms with van der Waals surface area (Å²) in [4.78, 5) is 16.2. The Labute approximate surface area is 181 Å². The Balaban J connectivity index is 1.31. The van der Waals surface area contributed by atoms with Crippen LogP contribution < -0.4 is 5.32 Å². The zero-order valence-electron chi connectivity index (χ0n) is 17.5. The Morgan fingerprint density at radius 3 is 2.71 bits per heavy atom. The van der Waals surface area contributed by atoms with Gasteiger partial charge in [0, 0.05) is 36.9 Å². The molecular weight excluding hydrogens is 386 g/mol. The van der Waals surface area contributed by atoms with Crippen LogP contribution in [-0.4, -0.2) is 39.5 Å². The van der Waals surface area contributed by atoms with E-state index in [4.69, 9.17) is 9.72 Å². The minimum atomic E-state index is -0.0610. The van der Waals surface area contributed by atoms with Crippen LogP contribution in [-0.2, 0) is 11.3 Å². The Bertz CT molecular complexity index is 1190. The lowest BCUT2D eigenvalue weighted by Crippen LogP contribution is -2.38. The molecule has 0 amide bonds. The molecular formula is C25H25N5O. The molecule has 6 heteroatoms. The number of nitrogens with zero attached hydrogens (tertiary/aromatic N) is 4. The molecule has 1 saturated heterocycles. The molecule has 0 radical (unpaired) electrons. The fourth-order valence-electron chi connectivity index (χ4n) is 4.02. The van der Waals surface area contributed by atoms with Crippen molar-refractivity contribution in [1.29, 1.82) is 0 Å². The maximum absolute atomic E-state index is 6.08. The molecule has 5 rings (SSSR count). The molecule has 1 aromatic carbocycles. The minimum Gasteiger partial charge on any atom is -0.369 e. The van der Waals surface area contributed by atoms with Gasteiger partial charge in [-0.1, -0.05) is 30.3 Å². The number of morpholine rings is 1. The second-order valence-electron chi connectivity index (χ2n) is 7.82. The first-order valence-corrected chi connectivity index (χ1v) is 10.6. The molecule has 1 aliphatic rings. The molecule has 1 N–H and O–H groups in total. The van der Waals surface area contributed by atoms with Gasteiger partial charge in [0.15, 0.2) is 0 Å². The number of pyridine rings is 3. The summed E-state index contributed by atoms with van der Waals surface area (Å²) < 4.78 is 6.08. The average Bonchev–Trinajstić information content (AvgIpc) is 2.80. The van der Waals surface area contributed by atoms with E-state index in [1.54, 1.807) is 0 Å². The molecule has 0 bridgehead atoms. The highest BCUT2D eigenvalue weighted by Crippen LogP contribution is 2.25. The molecule has 31 heavy (non-hydrogen) atoms. The fraction of sp³-hybridized carbons (Fsp3) is 0.240. The number of aryl methyl sites for hydroxylation is 1. The van der Waals surface area contributed by atoms with E-state index in [0.717, 1.165) is 48.2 Å². The van der Waals surface area contributed by atoms with Crippen LogP contribution in [0.3, 0.4) is 0 Å². The van der Waals surface area contributed by atoms with Crippen LogP contribution in [0.2, 0.25) is 0 Å². The summed E-state index contributed by atoms with van der Waals surface area (Å²) in [5.74, 6) is 1.57. The first kappa shape index (κ1) is 19.6. The standard InChI is InChI=1S/C25H25N5O/c1-18-6-2-11-24(27-18)29-25-12-4-10-22(28-25)23-17-30(14-15-31-23)16-19-7-3-9-21-20(19)8-5-13-26-21/h2-13,23H,14-17H2,1H3,(H,27,28,29). The monoisotopic (exact) mass is 411 g/mol. The number of hydrogen-bond donors (Lipinski definition) is 1. The van der Waals surface area contributed by atoms with Crippen LogP contribution in [0, 0.1) is 6.92 Å². The molecule has 1 aliphatic heterocycles. The van der Waals surface area contributed by atoms with Crippen LogP contribution in [0.1, 0.15) is 23.1 Å². The van der Waals surface area contributed by atoms with E-state index in [0.29, 0.717) is 6.61 Å². The molecule has 1 atom stereocenters. The largest absolute Gasteiger partial charge is 0.369 e. The van der Waals surface area contributed by atoms with E-state index in [2.05, 4.69) is 44.5 Å². The highest BCUT2D eigenvalue weighted by molar-refractivity contribution is 5.81.